The average molecular weight is 554 g/mol. The topological polar surface area (TPSA) is 128 Å². The van der Waals surface area contributed by atoms with Gasteiger partial charge in [-0.1, -0.05) is 36.4 Å². The van der Waals surface area contributed by atoms with Crippen LogP contribution in [0.1, 0.15) is 19.4 Å². The summed E-state index contributed by atoms with van der Waals surface area (Å²) < 4.78 is 19.1. The summed E-state index contributed by atoms with van der Waals surface area (Å²) in [6.45, 7) is 4.18. The normalized spacial score (nSPS) is 22.3. The van der Waals surface area contributed by atoms with Gasteiger partial charge in [-0.25, -0.2) is 9.67 Å². The fourth-order valence-electron chi connectivity index (χ4n) is 5.51. The molecular formula is C31H31N5O5. The molecule has 2 aliphatic rings. The molecule has 0 unspecified atom stereocenters. The van der Waals surface area contributed by atoms with Crippen molar-refractivity contribution in [2.24, 2.45) is 0 Å². The molecule has 4 atom stereocenters. The maximum absolute atomic E-state index is 10.1. The van der Waals surface area contributed by atoms with E-state index in [9.17, 15) is 10.2 Å². The van der Waals surface area contributed by atoms with Gasteiger partial charge in [0, 0.05) is 18.2 Å². The van der Waals surface area contributed by atoms with Crippen LogP contribution >= 0.6 is 0 Å². The third-order valence-corrected chi connectivity index (χ3v) is 7.49. The molecule has 0 aliphatic carbocycles. The molecule has 3 N–H and O–H groups in total. The Kier molecular flexibility index (Phi) is 6.35. The summed E-state index contributed by atoms with van der Waals surface area (Å²) in [6, 6.07) is 20.7. The molecule has 41 heavy (non-hydrogen) atoms. The van der Waals surface area contributed by atoms with E-state index in [2.05, 4.69) is 51.5 Å². The first-order valence-corrected chi connectivity index (χ1v) is 13.7. The quantitative estimate of drug-likeness (QED) is 0.279. The Morgan fingerprint density at radius 3 is 2.39 bits per heavy atom. The lowest BCUT2D eigenvalue weighted by Gasteiger charge is -2.15. The van der Waals surface area contributed by atoms with E-state index in [1.165, 1.54) is 0 Å². The lowest BCUT2D eigenvalue weighted by molar-refractivity contribution is 0.00706. The molecule has 0 spiro atoms. The SMILES string of the molecule is CC(C)(O)Cc1cnn(-c2ccc(-c3ccc(-c4ccc5[nH]c(O[C@@H]6CO[C@H]7[C@@H]6OC[C@H]7O)nc5n4)cc3)cc2)c1. The van der Waals surface area contributed by atoms with Crippen molar-refractivity contribution in [1.82, 2.24) is 24.7 Å². The predicted octanol–water partition coefficient (Wildman–Crippen LogP) is 3.70. The number of H-pyrrole nitrogens is 1. The van der Waals surface area contributed by atoms with Gasteiger partial charge in [0.1, 0.15) is 18.3 Å². The van der Waals surface area contributed by atoms with Crippen LogP contribution in [0.4, 0.5) is 0 Å². The Balaban J connectivity index is 1.04. The Morgan fingerprint density at radius 1 is 0.927 bits per heavy atom. The Bertz CT molecular complexity index is 1670. The number of benzene rings is 2. The average Bonchev–Trinajstić information content (AvgIpc) is 3.74. The van der Waals surface area contributed by atoms with Gasteiger partial charge in [-0.3, -0.25) is 0 Å². The van der Waals surface area contributed by atoms with Crippen molar-refractivity contribution in [2.45, 2.75) is 50.3 Å². The van der Waals surface area contributed by atoms with Crippen LogP contribution in [0, 0.1) is 0 Å². The summed E-state index contributed by atoms with van der Waals surface area (Å²) in [4.78, 5) is 12.4. The van der Waals surface area contributed by atoms with Gasteiger partial charge in [-0.15, -0.1) is 0 Å². The fraction of sp³-hybridized carbons (Fsp3) is 0.323. The second-order valence-electron chi connectivity index (χ2n) is 11.3. The van der Waals surface area contributed by atoms with E-state index in [1.54, 1.807) is 20.0 Å². The van der Waals surface area contributed by atoms with Gasteiger partial charge >= 0.3 is 0 Å². The second kappa shape index (κ2) is 10.1. The standard InChI is InChI=1S/C31H31N5O5/c1-31(2,38)13-18-14-32-36(15-18)22-9-7-20(8-10-22)19-3-5-21(6-4-19)23-11-12-24-29(33-23)35-30(34-24)41-26-17-40-27-25(37)16-39-28(26)27/h3-12,14-15,25-28,37-38H,13,16-17H2,1-2H3,(H,33,34,35)/t25-,26-,27-,28-/m1/s1. The number of nitrogens with one attached hydrogen (secondary N) is 1. The van der Waals surface area contributed by atoms with E-state index in [1.807, 2.05) is 35.1 Å². The van der Waals surface area contributed by atoms with Crippen molar-refractivity contribution in [3.05, 3.63) is 78.6 Å². The van der Waals surface area contributed by atoms with E-state index in [0.29, 0.717) is 24.7 Å². The van der Waals surface area contributed by atoms with Crippen LogP contribution in [-0.2, 0) is 15.9 Å². The van der Waals surface area contributed by atoms with Gasteiger partial charge in [0.25, 0.3) is 6.01 Å². The molecule has 3 aromatic heterocycles. The minimum Gasteiger partial charge on any atom is -0.456 e. The summed E-state index contributed by atoms with van der Waals surface area (Å²) in [5.74, 6) is 0. The van der Waals surface area contributed by atoms with Crippen LogP contribution in [0.5, 0.6) is 6.01 Å². The molecule has 2 fully saturated rings. The molecule has 210 valence electrons. The van der Waals surface area contributed by atoms with Crippen LogP contribution < -0.4 is 4.74 Å². The number of aromatic amines is 1. The van der Waals surface area contributed by atoms with Crippen molar-refractivity contribution in [1.29, 1.82) is 0 Å². The number of hydrogen-bond acceptors (Lipinski definition) is 8. The zero-order valence-corrected chi connectivity index (χ0v) is 22.8. The molecule has 2 aromatic carbocycles. The highest BCUT2D eigenvalue weighted by Gasteiger charge is 2.48. The largest absolute Gasteiger partial charge is 0.456 e. The molecule has 7 rings (SSSR count). The first-order chi connectivity index (χ1) is 19.8. The van der Waals surface area contributed by atoms with Gasteiger partial charge in [0.05, 0.1) is 41.9 Å². The number of hydrogen-bond donors (Lipinski definition) is 3. The zero-order chi connectivity index (χ0) is 28.1. The van der Waals surface area contributed by atoms with Crippen LogP contribution in [-0.4, -0.2) is 78.2 Å². The Hall–Kier alpha value is -4.09. The summed E-state index contributed by atoms with van der Waals surface area (Å²) in [5.41, 5.74) is 6.49. The summed E-state index contributed by atoms with van der Waals surface area (Å²) in [7, 11) is 0. The summed E-state index contributed by atoms with van der Waals surface area (Å²) >= 11 is 0. The highest BCUT2D eigenvalue weighted by Crippen LogP contribution is 2.30. The fourth-order valence-corrected chi connectivity index (χ4v) is 5.51. The minimum absolute atomic E-state index is 0.251. The molecule has 5 aromatic rings. The van der Waals surface area contributed by atoms with E-state index in [0.717, 1.165) is 39.2 Å². The van der Waals surface area contributed by atoms with Gasteiger partial charge in [-0.2, -0.15) is 10.1 Å². The number of nitrogens with zero attached hydrogens (tertiary/aromatic N) is 4. The van der Waals surface area contributed by atoms with Gasteiger partial charge in [0.2, 0.25) is 0 Å². The van der Waals surface area contributed by atoms with Gasteiger partial charge in [0.15, 0.2) is 11.8 Å². The van der Waals surface area contributed by atoms with Crippen molar-refractivity contribution < 1.29 is 24.4 Å². The molecular weight excluding hydrogens is 522 g/mol. The van der Waals surface area contributed by atoms with E-state index in [-0.39, 0.29) is 24.9 Å². The molecule has 0 radical (unpaired) electrons. The van der Waals surface area contributed by atoms with E-state index >= 15 is 0 Å². The number of aliphatic hydroxyl groups excluding tert-OH is 1. The Morgan fingerprint density at radius 2 is 1.63 bits per heavy atom. The molecule has 10 heteroatoms. The summed E-state index contributed by atoms with van der Waals surface area (Å²) in [5, 5.41) is 24.5. The number of imidazole rings is 1. The number of aromatic nitrogens is 5. The molecule has 5 heterocycles. The summed E-state index contributed by atoms with van der Waals surface area (Å²) in [6.07, 6.45) is 2.67. The van der Waals surface area contributed by atoms with Gasteiger partial charge < -0.3 is 29.4 Å². The van der Waals surface area contributed by atoms with Crippen LogP contribution in [0.2, 0.25) is 0 Å². The van der Waals surface area contributed by atoms with Gasteiger partial charge in [-0.05, 0) is 54.8 Å². The minimum atomic E-state index is -0.771. The van der Waals surface area contributed by atoms with Crippen molar-refractivity contribution in [3.63, 3.8) is 0 Å². The Labute approximate surface area is 236 Å². The van der Waals surface area contributed by atoms with Crippen LogP contribution in [0.3, 0.4) is 0 Å². The predicted molar refractivity (Wildman–Crippen MR) is 152 cm³/mol. The lowest BCUT2D eigenvalue weighted by Crippen LogP contribution is -2.34. The zero-order valence-electron chi connectivity index (χ0n) is 22.8. The highest BCUT2D eigenvalue weighted by molar-refractivity contribution is 5.77. The number of pyridine rings is 1. The van der Waals surface area contributed by atoms with Crippen molar-refractivity contribution in [2.75, 3.05) is 13.2 Å². The maximum atomic E-state index is 10.1. The first-order valence-electron chi connectivity index (χ1n) is 13.7. The molecule has 10 nitrogen and oxygen atoms in total. The van der Waals surface area contributed by atoms with Crippen molar-refractivity contribution in [3.8, 4) is 34.1 Å². The number of rotatable bonds is 7. The second-order valence-corrected chi connectivity index (χ2v) is 11.3. The number of ether oxygens (including phenoxy) is 3. The lowest BCUT2D eigenvalue weighted by atomic mass is 10.0. The molecule has 2 aliphatic heterocycles. The molecule has 0 bridgehead atoms. The highest BCUT2D eigenvalue weighted by atomic mass is 16.6. The van der Waals surface area contributed by atoms with Crippen molar-refractivity contribution >= 4 is 11.2 Å². The van der Waals surface area contributed by atoms with E-state index in [4.69, 9.17) is 19.2 Å². The first kappa shape index (κ1) is 25.8. The van der Waals surface area contributed by atoms with Crippen LogP contribution in [0.15, 0.2) is 73.1 Å². The number of fused-ring (bicyclic) bond motifs is 2. The smallest absolute Gasteiger partial charge is 0.296 e. The van der Waals surface area contributed by atoms with Crippen LogP contribution in [0.25, 0.3) is 39.2 Å². The third-order valence-electron chi connectivity index (χ3n) is 7.49. The molecule has 2 saturated heterocycles. The number of aliphatic hydroxyl groups is 2. The molecule has 0 saturated carbocycles. The monoisotopic (exact) mass is 553 g/mol. The molecule has 0 amide bonds. The third kappa shape index (κ3) is 5.22. The maximum Gasteiger partial charge on any atom is 0.296 e. The van der Waals surface area contributed by atoms with E-state index < -0.39 is 11.7 Å².